The number of aryl methyl sites for hydroxylation is 1. The molecule has 0 radical (unpaired) electrons. The first-order chi connectivity index (χ1) is 9.17. The third-order valence-electron chi connectivity index (χ3n) is 3.28. The molecule has 1 aliphatic rings. The summed E-state index contributed by atoms with van der Waals surface area (Å²) < 4.78 is 0.822. The van der Waals surface area contributed by atoms with Crippen molar-refractivity contribution in [3.8, 4) is 6.07 Å². The van der Waals surface area contributed by atoms with Crippen molar-refractivity contribution in [2.45, 2.75) is 18.9 Å². The van der Waals surface area contributed by atoms with Gasteiger partial charge in [0.2, 0.25) is 0 Å². The first-order valence-corrected chi connectivity index (χ1v) is 7.49. The zero-order valence-corrected chi connectivity index (χ0v) is 12.2. The topological polar surface area (TPSA) is 35.8 Å². The second kappa shape index (κ2) is 5.05. The molecule has 1 aliphatic carbocycles. The van der Waals surface area contributed by atoms with E-state index in [0.717, 1.165) is 22.9 Å². The number of benzene rings is 1. The van der Waals surface area contributed by atoms with E-state index < -0.39 is 0 Å². The SMILES string of the molecule is N#Cc1ccc(Cl)cc1NC1CCc2sc(Cl)cc21. The minimum Gasteiger partial charge on any atom is -0.377 e. The fraction of sp³-hybridized carbons (Fsp3) is 0.214. The number of fused-ring (bicyclic) bond motifs is 1. The number of nitriles is 1. The van der Waals surface area contributed by atoms with E-state index in [1.165, 1.54) is 10.4 Å². The summed E-state index contributed by atoms with van der Waals surface area (Å²) in [7, 11) is 0. The molecule has 1 atom stereocenters. The van der Waals surface area contributed by atoms with Gasteiger partial charge in [0.1, 0.15) is 6.07 Å². The Labute approximate surface area is 125 Å². The van der Waals surface area contributed by atoms with Crippen LogP contribution in [0.5, 0.6) is 0 Å². The molecular formula is C14H10Cl2N2S. The number of anilines is 1. The summed E-state index contributed by atoms with van der Waals surface area (Å²) >= 11 is 13.7. The van der Waals surface area contributed by atoms with Crippen LogP contribution in [0, 0.1) is 11.3 Å². The van der Waals surface area contributed by atoms with Crippen LogP contribution < -0.4 is 5.32 Å². The Bertz CT molecular complexity index is 673. The van der Waals surface area contributed by atoms with Crippen molar-refractivity contribution in [3.63, 3.8) is 0 Å². The van der Waals surface area contributed by atoms with E-state index in [-0.39, 0.29) is 6.04 Å². The largest absolute Gasteiger partial charge is 0.377 e. The molecule has 2 aromatic rings. The lowest BCUT2D eigenvalue weighted by Crippen LogP contribution is -2.07. The van der Waals surface area contributed by atoms with Gasteiger partial charge in [-0.05, 0) is 42.7 Å². The summed E-state index contributed by atoms with van der Waals surface area (Å²) in [5.74, 6) is 0. The van der Waals surface area contributed by atoms with Crippen molar-refractivity contribution >= 4 is 40.2 Å². The molecule has 1 aromatic heterocycles. The monoisotopic (exact) mass is 308 g/mol. The number of hydrogen-bond donors (Lipinski definition) is 1. The lowest BCUT2D eigenvalue weighted by molar-refractivity contribution is 0.762. The smallest absolute Gasteiger partial charge is 0.101 e. The molecule has 0 amide bonds. The fourth-order valence-electron chi connectivity index (χ4n) is 2.40. The van der Waals surface area contributed by atoms with Gasteiger partial charge in [-0.3, -0.25) is 0 Å². The highest BCUT2D eigenvalue weighted by molar-refractivity contribution is 7.16. The van der Waals surface area contributed by atoms with Crippen LogP contribution in [0.4, 0.5) is 5.69 Å². The predicted molar refractivity (Wildman–Crippen MR) is 80.2 cm³/mol. The van der Waals surface area contributed by atoms with Gasteiger partial charge in [0.05, 0.1) is 21.6 Å². The molecule has 1 unspecified atom stereocenters. The van der Waals surface area contributed by atoms with E-state index >= 15 is 0 Å². The quantitative estimate of drug-likeness (QED) is 0.845. The maximum absolute atomic E-state index is 9.13. The Balaban J connectivity index is 1.91. The minimum absolute atomic E-state index is 0.212. The van der Waals surface area contributed by atoms with E-state index in [1.807, 2.05) is 6.07 Å². The van der Waals surface area contributed by atoms with Gasteiger partial charge >= 0.3 is 0 Å². The summed E-state index contributed by atoms with van der Waals surface area (Å²) in [4.78, 5) is 1.34. The number of rotatable bonds is 2. The fourth-order valence-corrected chi connectivity index (χ4v) is 3.93. The average Bonchev–Trinajstić information content (AvgIpc) is 2.91. The van der Waals surface area contributed by atoms with Crippen LogP contribution in [-0.2, 0) is 6.42 Å². The summed E-state index contributed by atoms with van der Waals surface area (Å²) in [5, 5.41) is 13.2. The lowest BCUT2D eigenvalue weighted by Gasteiger charge is -2.15. The van der Waals surface area contributed by atoms with Crippen molar-refractivity contribution in [1.29, 1.82) is 5.26 Å². The molecule has 1 N–H and O–H groups in total. The maximum atomic E-state index is 9.13. The van der Waals surface area contributed by atoms with Gasteiger partial charge in [0, 0.05) is 9.90 Å². The highest BCUT2D eigenvalue weighted by Gasteiger charge is 2.25. The predicted octanol–water partition coefficient (Wildman–Crippen LogP) is 5.03. The normalized spacial score (nSPS) is 17.0. The second-order valence-electron chi connectivity index (χ2n) is 4.47. The first kappa shape index (κ1) is 12.8. The second-order valence-corrected chi connectivity index (χ2v) is 6.67. The third-order valence-corrected chi connectivity index (χ3v) is 4.85. The molecule has 2 nitrogen and oxygen atoms in total. The molecule has 0 saturated carbocycles. The van der Waals surface area contributed by atoms with Crippen molar-refractivity contribution in [2.75, 3.05) is 5.32 Å². The van der Waals surface area contributed by atoms with E-state index in [0.29, 0.717) is 10.6 Å². The van der Waals surface area contributed by atoms with Crippen LogP contribution in [0.15, 0.2) is 24.3 Å². The molecular weight excluding hydrogens is 299 g/mol. The van der Waals surface area contributed by atoms with Crippen LogP contribution in [0.3, 0.4) is 0 Å². The Morgan fingerprint density at radius 3 is 2.95 bits per heavy atom. The molecule has 1 aromatic carbocycles. The minimum atomic E-state index is 0.212. The van der Waals surface area contributed by atoms with Gasteiger partial charge in [-0.15, -0.1) is 11.3 Å². The molecule has 0 spiro atoms. The van der Waals surface area contributed by atoms with Crippen molar-refractivity contribution in [1.82, 2.24) is 0 Å². The standard InChI is InChI=1S/C14H10Cl2N2S/c15-9-2-1-8(7-17)12(5-9)18-11-3-4-13-10(11)6-14(16)19-13/h1-2,5-6,11,18H,3-4H2. The number of nitrogens with one attached hydrogen (secondary N) is 1. The summed E-state index contributed by atoms with van der Waals surface area (Å²) in [6.45, 7) is 0. The molecule has 0 aliphatic heterocycles. The lowest BCUT2D eigenvalue weighted by atomic mass is 10.1. The van der Waals surface area contributed by atoms with Crippen molar-refractivity contribution in [2.24, 2.45) is 0 Å². The van der Waals surface area contributed by atoms with E-state index in [4.69, 9.17) is 28.5 Å². The van der Waals surface area contributed by atoms with Gasteiger partial charge < -0.3 is 5.32 Å². The number of nitrogens with zero attached hydrogens (tertiary/aromatic N) is 1. The molecule has 0 bridgehead atoms. The van der Waals surface area contributed by atoms with Crippen molar-refractivity contribution < 1.29 is 0 Å². The first-order valence-electron chi connectivity index (χ1n) is 5.91. The van der Waals surface area contributed by atoms with Gasteiger partial charge in [0.15, 0.2) is 0 Å². The van der Waals surface area contributed by atoms with Crippen LogP contribution in [0.1, 0.15) is 28.5 Å². The summed E-state index contributed by atoms with van der Waals surface area (Å²) in [5.41, 5.74) is 2.65. The highest BCUT2D eigenvalue weighted by atomic mass is 35.5. The number of halogens is 2. The molecule has 3 rings (SSSR count). The van der Waals surface area contributed by atoms with Crippen LogP contribution in [-0.4, -0.2) is 0 Å². The van der Waals surface area contributed by atoms with E-state index in [9.17, 15) is 0 Å². The Morgan fingerprint density at radius 1 is 1.32 bits per heavy atom. The Hall–Kier alpha value is -1.21. The summed E-state index contributed by atoms with van der Waals surface area (Å²) in [6, 6.07) is 9.67. The molecule has 19 heavy (non-hydrogen) atoms. The Morgan fingerprint density at radius 2 is 2.16 bits per heavy atom. The van der Waals surface area contributed by atoms with Crippen LogP contribution in [0.2, 0.25) is 9.36 Å². The van der Waals surface area contributed by atoms with Crippen LogP contribution >= 0.6 is 34.5 Å². The van der Waals surface area contributed by atoms with Crippen molar-refractivity contribution in [3.05, 3.63) is 49.6 Å². The zero-order valence-electron chi connectivity index (χ0n) is 9.91. The molecule has 0 saturated heterocycles. The summed E-state index contributed by atoms with van der Waals surface area (Å²) in [6.07, 6.45) is 2.06. The average molecular weight is 309 g/mol. The van der Waals surface area contributed by atoms with Gasteiger partial charge in [-0.25, -0.2) is 0 Å². The molecule has 96 valence electrons. The third kappa shape index (κ3) is 2.44. The highest BCUT2D eigenvalue weighted by Crippen LogP contribution is 2.41. The molecule has 0 fully saturated rings. The molecule has 5 heteroatoms. The zero-order chi connectivity index (χ0) is 13.4. The van der Waals surface area contributed by atoms with Crippen LogP contribution in [0.25, 0.3) is 0 Å². The van der Waals surface area contributed by atoms with E-state index in [1.54, 1.807) is 29.5 Å². The van der Waals surface area contributed by atoms with Gasteiger partial charge in [0.25, 0.3) is 0 Å². The van der Waals surface area contributed by atoms with E-state index in [2.05, 4.69) is 11.4 Å². The number of hydrogen-bond acceptors (Lipinski definition) is 3. The van der Waals surface area contributed by atoms with Gasteiger partial charge in [-0.2, -0.15) is 5.26 Å². The maximum Gasteiger partial charge on any atom is 0.101 e. The molecule has 1 heterocycles. The van der Waals surface area contributed by atoms with Gasteiger partial charge in [-0.1, -0.05) is 23.2 Å². The number of thiophene rings is 1. The Kier molecular flexibility index (Phi) is 3.40.